The zero-order valence-electron chi connectivity index (χ0n) is 13.2. The minimum absolute atomic E-state index is 0.0121. The van der Waals surface area contributed by atoms with Crippen molar-refractivity contribution in [3.63, 3.8) is 0 Å². The second-order valence-electron chi connectivity index (χ2n) is 5.07. The van der Waals surface area contributed by atoms with E-state index in [-0.39, 0.29) is 16.4 Å². The number of nitrogens with one attached hydrogen (secondary N) is 1. The molecule has 6 heteroatoms. The minimum Gasteiger partial charge on any atom is -0.337 e. The highest BCUT2D eigenvalue weighted by Crippen LogP contribution is 2.22. The Bertz CT molecular complexity index is 824. The maximum atomic E-state index is 13.9. The van der Waals surface area contributed by atoms with Gasteiger partial charge in [-0.3, -0.25) is 4.79 Å². The van der Waals surface area contributed by atoms with E-state index in [1.165, 1.54) is 12.1 Å². The van der Waals surface area contributed by atoms with Crippen molar-refractivity contribution in [2.75, 3.05) is 5.32 Å². The normalized spacial score (nSPS) is 11.2. The predicted molar refractivity (Wildman–Crippen MR) is 94.8 cm³/mol. The van der Waals surface area contributed by atoms with Crippen molar-refractivity contribution in [3.05, 3.63) is 83.7 Å². The van der Waals surface area contributed by atoms with Gasteiger partial charge in [0.05, 0.1) is 10.7 Å². The van der Waals surface area contributed by atoms with Crippen LogP contribution in [0.2, 0.25) is 5.02 Å². The lowest BCUT2D eigenvalue weighted by atomic mass is 10.1. The second kappa shape index (κ2) is 7.75. The lowest BCUT2D eigenvalue weighted by Gasteiger charge is -2.05. The molecule has 1 aromatic carbocycles. The molecule has 0 aliphatic heterocycles. The van der Waals surface area contributed by atoms with E-state index in [0.29, 0.717) is 12.2 Å². The van der Waals surface area contributed by atoms with E-state index < -0.39 is 11.7 Å². The fourth-order valence-electron chi connectivity index (χ4n) is 2.10. The minimum atomic E-state index is -0.675. The van der Waals surface area contributed by atoms with E-state index in [9.17, 15) is 9.18 Å². The number of amides is 1. The topological polar surface area (TPSA) is 46.9 Å². The molecule has 4 nitrogen and oxygen atoms in total. The molecule has 2 aromatic rings. The molecule has 124 valence electrons. The fourth-order valence-corrected chi connectivity index (χ4v) is 2.27. The molecular weight excluding hydrogens is 329 g/mol. The van der Waals surface area contributed by atoms with E-state index in [2.05, 4.69) is 23.5 Å². The van der Waals surface area contributed by atoms with Crippen LogP contribution in [0.4, 0.5) is 10.1 Å². The number of benzene rings is 1. The number of carbonyl (C=O) groups is 1. The first-order chi connectivity index (χ1) is 11.5. The SMILES string of the molecule is C=C/C=C(\C=C)Cc1nc(C(=O)Nc2cccc(Cl)c2F)cn1C. The summed E-state index contributed by atoms with van der Waals surface area (Å²) in [6.07, 6.45) is 7.28. The van der Waals surface area contributed by atoms with Crippen LogP contribution in [0.25, 0.3) is 0 Å². The molecule has 24 heavy (non-hydrogen) atoms. The first-order valence-electron chi connectivity index (χ1n) is 7.18. The number of hydrogen-bond acceptors (Lipinski definition) is 2. The molecule has 0 saturated heterocycles. The number of hydrogen-bond donors (Lipinski definition) is 1. The van der Waals surface area contributed by atoms with Gasteiger partial charge in [0.15, 0.2) is 5.82 Å². The van der Waals surface area contributed by atoms with Gasteiger partial charge in [0.25, 0.3) is 5.91 Å². The summed E-state index contributed by atoms with van der Waals surface area (Å²) < 4.78 is 15.6. The number of halogens is 2. The zero-order chi connectivity index (χ0) is 17.7. The lowest BCUT2D eigenvalue weighted by Crippen LogP contribution is -2.13. The van der Waals surface area contributed by atoms with Crippen LogP contribution in [0.1, 0.15) is 16.3 Å². The van der Waals surface area contributed by atoms with E-state index in [1.807, 2.05) is 6.08 Å². The summed E-state index contributed by atoms with van der Waals surface area (Å²) in [5.74, 6) is -0.503. The van der Waals surface area contributed by atoms with E-state index in [4.69, 9.17) is 11.6 Å². The van der Waals surface area contributed by atoms with Crippen LogP contribution < -0.4 is 5.32 Å². The van der Waals surface area contributed by atoms with Crippen molar-refractivity contribution in [1.82, 2.24) is 9.55 Å². The van der Waals surface area contributed by atoms with Crippen LogP contribution >= 0.6 is 11.6 Å². The standard InChI is InChI=1S/C18H17ClFN3O/c1-4-7-12(5-2)10-16-21-15(11-23(16)3)18(24)22-14-9-6-8-13(19)17(14)20/h4-9,11H,1-2,10H2,3H3,(H,22,24)/b12-7+. The van der Waals surface area contributed by atoms with Gasteiger partial charge in [-0.05, 0) is 17.7 Å². The van der Waals surface area contributed by atoms with Gasteiger partial charge >= 0.3 is 0 Å². The average Bonchev–Trinajstić information content (AvgIpc) is 2.92. The maximum absolute atomic E-state index is 13.9. The Morgan fingerprint density at radius 1 is 1.46 bits per heavy atom. The third-order valence-electron chi connectivity index (χ3n) is 3.36. The van der Waals surface area contributed by atoms with Crippen molar-refractivity contribution < 1.29 is 9.18 Å². The predicted octanol–water partition coefficient (Wildman–Crippen LogP) is 4.31. The first-order valence-corrected chi connectivity index (χ1v) is 7.55. The van der Waals surface area contributed by atoms with Gasteiger partial charge in [0, 0.05) is 19.7 Å². The Kier molecular flexibility index (Phi) is 5.71. The van der Waals surface area contributed by atoms with Gasteiger partial charge in [0.1, 0.15) is 11.5 Å². The number of anilines is 1. The third-order valence-corrected chi connectivity index (χ3v) is 3.65. The Morgan fingerprint density at radius 2 is 2.21 bits per heavy atom. The molecule has 1 amide bonds. The van der Waals surface area contributed by atoms with Crippen molar-refractivity contribution in [1.29, 1.82) is 0 Å². The summed E-state index contributed by atoms with van der Waals surface area (Å²) >= 11 is 5.71. The molecule has 0 spiro atoms. The van der Waals surface area contributed by atoms with Crippen LogP contribution in [0.5, 0.6) is 0 Å². The van der Waals surface area contributed by atoms with Crippen LogP contribution in [0.3, 0.4) is 0 Å². The number of nitrogens with zero attached hydrogens (tertiary/aromatic N) is 2. The van der Waals surface area contributed by atoms with Crippen molar-refractivity contribution in [2.24, 2.45) is 7.05 Å². The fraction of sp³-hybridized carbons (Fsp3) is 0.111. The van der Waals surface area contributed by atoms with Gasteiger partial charge < -0.3 is 9.88 Å². The van der Waals surface area contributed by atoms with Crippen molar-refractivity contribution in [2.45, 2.75) is 6.42 Å². The number of carbonyl (C=O) groups excluding carboxylic acids is 1. The molecule has 1 heterocycles. The molecular formula is C18H17ClFN3O. The van der Waals surface area contributed by atoms with Crippen molar-refractivity contribution >= 4 is 23.2 Å². The average molecular weight is 346 g/mol. The van der Waals surface area contributed by atoms with E-state index >= 15 is 0 Å². The lowest BCUT2D eigenvalue weighted by molar-refractivity contribution is 0.102. The van der Waals surface area contributed by atoms with Gasteiger partial charge in [0.2, 0.25) is 0 Å². The molecule has 0 fully saturated rings. The van der Waals surface area contributed by atoms with Gasteiger partial charge in [-0.1, -0.05) is 49.1 Å². The Balaban J connectivity index is 2.21. The molecule has 2 rings (SSSR count). The van der Waals surface area contributed by atoms with Crippen molar-refractivity contribution in [3.8, 4) is 0 Å². The number of imidazole rings is 1. The smallest absolute Gasteiger partial charge is 0.275 e. The van der Waals surface area contributed by atoms with Crippen LogP contribution in [0, 0.1) is 5.82 Å². The molecule has 0 radical (unpaired) electrons. The summed E-state index contributed by atoms with van der Waals surface area (Å²) in [7, 11) is 1.79. The number of aryl methyl sites for hydroxylation is 1. The largest absolute Gasteiger partial charge is 0.337 e. The van der Waals surface area contributed by atoms with Crippen LogP contribution in [-0.2, 0) is 13.5 Å². The highest BCUT2D eigenvalue weighted by Gasteiger charge is 2.16. The van der Waals surface area contributed by atoms with Gasteiger partial charge in [-0.15, -0.1) is 0 Å². The van der Waals surface area contributed by atoms with Crippen LogP contribution in [-0.4, -0.2) is 15.5 Å². The van der Waals surface area contributed by atoms with E-state index in [1.54, 1.807) is 36.0 Å². The molecule has 0 atom stereocenters. The maximum Gasteiger partial charge on any atom is 0.275 e. The molecule has 0 bridgehead atoms. The number of aromatic nitrogens is 2. The molecule has 0 aliphatic carbocycles. The molecule has 0 saturated carbocycles. The Morgan fingerprint density at radius 3 is 2.88 bits per heavy atom. The third kappa shape index (κ3) is 4.00. The molecule has 0 unspecified atom stereocenters. The summed E-state index contributed by atoms with van der Waals surface area (Å²) in [5.41, 5.74) is 1.12. The summed E-state index contributed by atoms with van der Waals surface area (Å²) in [6, 6.07) is 4.40. The Labute approximate surface area is 145 Å². The van der Waals surface area contributed by atoms with Gasteiger partial charge in [-0.25, -0.2) is 9.37 Å². The molecule has 0 aliphatic rings. The Hall–Kier alpha value is -2.66. The quantitative estimate of drug-likeness (QED) is 0.793. The summed E-state index contributed by atoms with van der Waals surface area (Å²) in [6.45, 7) is 7.38. The first kappa shape index (κ1) is 17.7. The van der Waals surface area contributed by atoms with Gasteiger partial charge in [-0.2, -0.15) is 0 Å². The van der Waals surface area contributed by atoms with E-state index in [0.717, 1.165) is 5.57 Å². The number of allylic oxidation sites excluding steroid dienone is 4. The monoisotopic (exact) mass is 345 g/mol. The highest BCUT2D eigenvalue weighted by atomic mass is 35.5. The second-order valence-corrected chi connectivity index (χ2v) is 5.47. The number of rotatable bonds is 6. The molecule has 1 aromatic heterocycles. The van der Waals surface area contributed by atoms with Crippen LogP contribution in [0.15, 0.2) is 61.4 Å². The summed E-state index contributed by atoms with van der Waals surface area (Å²) in [4.78, 5) is 16.6. The zero-order valence-corrected chi connectivity index (χ0v) is 14.0. The highest BCUT2D eigenvalue weighted by molar-refractivity contribution is 6.31. The summed E-state index contributed by atoms with van der Waals surface area (Å²) in [5, 5.41) is 2.42. The molecule has 1 N–H and O–H groups in total.